The van der Waals surface area contributed by atoms with Crippen molar-refractivity contribution in [1.82, 2.24) is 4.57 Å². The predicted octanol–water partition coefficient (Wildman–Crippen LogP) is 2.51. The van der Waals surface area contributed by atoms with E-state index in [4.69, 9.17) is 10.4 Å². The average Bonchev–Trinajstić information content (AvgIpc) is 2.84. The molecule has 0 aliphatic heterocycles. The van der Waals surface area contributed by atoms with Crippen LogP contribution in [0.1, 0.15) is 16.8 Å². The molecule has 1 aromatic heterocycles. The molecule has 0 unspecified atom stereocenters. The van der Waals surface area contributed by atoms with Crippen molar-refractivity contribution in [3.05, 3.63) is 65.5 Å². The molecule has 94 valence electrons. The number of aromatic nitrogens is 1. The van der Waals surface area contributed by atoms with Crippen LogP contribution >= 0.6 is 0 Å². The van der Waals surface area contributed by atoms with Gasteiger partial charge in [0.05, 0.1) is 11.6 Å². The molecule has 0 fully saturated rings. The third-order valence-electron chi connectivity index (χ3n) is 2.74. The lowest BCUT2D eigenvalue weighted by Crippen LogP contribution is -2.02. The second-order valence-electron chi connectivity index (χ2n) is 4.00. The molecule has 1 aromatic carbocycles. The summed E-state index contributed by atoms with van der Waals surface area (Å²) in [5, 5.41) is 17.7. The van der Waals surface area contributed by atoms with Crippen LogP contribution in [0.15, 0.2) is 48.7 Å². The quantitative estimate of drug-likeness (QED) is 0.850. The number of hydrogen-bond donors (Lipinski definition) is 1. The molecule has 2 rings (SSSR count). The fourth-order valence-corrected chi connectivity index (χ4v) is 1.83. The van der Waals surface area contributed by atoms with Crippen LogP contribution in [0.5, 0.6) is 0 Å². The molecule has 0 aliphatic rings. The summed E-state index contributed by atoms with van der Waals surface area (Å²) in [6, 6.07) is 13.2. The maximum atomic E-state index is 10.5. The second-order valence-corrected chi connectivity index (χ2v) is 4.00. The van der Waals surface area contributed by atoms with E-state index in [0.29, 0.717) is 12.1 Å². The molecule has 4 heteroatoms. The molecule has 1 N–H and O–H groups in total. The first-order valence-corrected chi connectivity index (χ1v) is 5.75. The summed E-state index contributed by atoms with van der Waals surface area (Å²) < 4.78 is 1.90. The highest BCUT2D eigenvalue weighted by Crippen LogP contribution is 2.13. The van der Waals surface area contributed by atoms with Gasteiger partial charge in [0.1, 0.15) is 0 Å². The number of carbonyl (C=O) groups is 1. The number of rotatable bonds is 4. The summed E-state index contributed by atoms with van der Waals surface area (Å²) in [4.78, 5) is 10.5. The van der Waals surface area contributed by atoms with Gasteiger partial charge in [0.15, 0.2) is 0 Å². The fraction of sp³-hybridized carbons (Fsp3) is 0.0667. The lowest BCUT2D eigenvalue weighted by atomic mass is 10.1. The van der Waals surface area contributed by atoms with E-state index >= 15 is 0 Å². The molecule has 0 atom stereocenters. The number of aliphatic carboxylic acids is 1. The minimum atomic E-state index is -0.981. The molecule has 0 saturated carbocycles. The van der Waals surface area contributed by atoms with E-state index in [9.17, 15) is 4.79 Å². The normalized spacial score (nSPS) is 10.5. The molecule has 0 amide bonds. The molecule has 0 saturated heterocycles. The van der Waals surface area contributed by atoms with Crippen molar-refractivity contribution in [3.63, 3.8) is 0 Å². The van der Waals surface area contributed by atoms with Crippen LogP contribution in [0.3, 0.4) is 0 Å². The Morgan fingerprint density at radius 3 is 2.84 bits per heavy atom. The topological polar surface area (TPSA) is 66.0 Å². The van der Waals surface area contributed by atoms with Crippen molar-refractivity contribution in [2.24, 2.45) is 0 Å². The van der Waals surface area contributed by atoms with E-state index in [1.54, 1.807) is 6.07 Å². The highest BCUT2D eigenvalue weighted by atomic mass is 16.4. The summed E-state index contributed by atoms with van der Waals surface area (Å²) in [6.07, 6.45) is 4.50. The third-order valence-corrected chi connectivity index (χ3v) is 2.74. The first-order chi connectivity index (χ1) is 9.20. The summed E-state index contributed by atoms with van der Waals surface area (Å²) in [7, 11) is 0. The molecule has 1 heterocycles. The number of hydrogen-bond acceptors (Lipinski definition) is 2. The first kappa shape index (κ1) is 12.7. The fourth-order valence-electron chi connectivity index (χ4n) is 1.83. The standard InChI is InChI=1S/C15H12N2O2/c16-10-12-4-1-2-5-13(12)11-17-9-3-6-14(17)7-8-15(18)19/h1-9H,11H2,(H,18,19)/b8-7+. The Kier molecular flexibility index (Phi) is 3.79. The van der Waals surface area contributed by atoms with Crippen molar-refractivity contribution in [2.75, 3.05) is 0 Å². The van der Waals surface area contributed by atoms with Crippen LogP contribution in [0.25, 0.3) is 6.08 Å². The van der Waals surface area contributed by atoms with Gasteiger partial charge in [0.25, 0.3) is 0 Å². The van der Waals surface area contributed by atoms with Crippen LogP contribution in [0.4, 0.5) is 0 Å². The van der Waals surface area contributed by atoms with Crippen molar-refractivity contribution in [3.8, 4) is 6.07 Å². The van der Waals surface area contributed by atoms with Gasteiger partial charge in [0, 0.05) is 24.5 Å². The summed E-state index contributed by atoms with van der Waals surface area (Å²) >= 11 is 0. The summed E-state index contributed by atoms with van der Waals surface area (Å²) in [5.41, 5.74) is 2.32. The van der Waals surface area contributed by atoms with Gasteiger partial charge in [-0.3, -0.25) is 0 Å². The largest absolute Gasteiger partial charge is 0.478 e. The minimum absolute atomic E-state index is 0.538. The number of carboxylic acid groups (broad SMARTS) is 1. The average molecular weight is 252 g/mol. The van der Waals surface area contributed by atoms with E-state index in [-0.39, 0.29) is 0 Å². The highest BCUT2D eigenvalue weighted by molar-refractivity contribution is 5.84. The Labute approximate surface area is 110 Å². The lowest BCUT2D eigenvalue weighted by Gasteiger charge is -2.08. The van der Waals surface area contributed by atoms with Crippen LogP contribution in [-0.2, 0) is 11.3 Å². The zero-order chi connectivity index (χ0) is 13.7. The summed E-state index contributed by atoms with van der Waals surface area (Å²) in [5.74, 6) is -0.981. The van der Waals surface area contributed by atoms with Gasteiger partial charge in [-0.2, -0.15) is 5.26 Å². The zero-order valence-electron chi connectivity index (χ0n) is 10.2. The van der Waals surface area contributed by atoms with Gasteiger partial charge >= 0.3 is 5.97 Å². The van der Waals surface area contributed by atoms with E-state index in [1.807, 2.05) is 41.1 Å². The lowest BCUT2D eigenvalue weighted by molar-refractivity contribution is -0.131. The molecule has 0 aliphatic carbocycles. The van der Waals surface area contributed by atoms with Gasteiger partial charge < -0.3 is 9.67 Å². The van der Waals surface area contributed by atoms with E-state index in [0.717, 1.165) is 17.3 Å². The number of nitriles is 1. The third kappa shape index (κ3) is 3.11. The Hall–Kier alpha value is -2.80. The van der Waals surface area contributed by atoms with Crippen molar-refractivity contribution in [2.45, 2.75) is 6.54 Å². The number of nitrogens with zero attached hydrogens (tertiary/aromatic N) is 2. The predicted molar refractivity (Wildman–Crippen MR) is 71.4 cm³/mol. The van der Waals surface area contributed by atoms with E-state index in [1.165, 1.54) is 6.08 Å². The van der Waals surface area contributed by atoms with Crippen LogP contribution < -0.4 is 0 Å². The van der Waals surface area contributed by atoms with Crippen LogP contribution in [0, 0.1) is 11.3 Å². The Morgan fingerprint density at radius 1 is 1.32 bits per heavy atom. The number of carboxylic acids is 1. The Morgan fingerprint density at radius 2 is 2.11 bits per heavy atom. The zero-order valence-corrected chi connectivity index (χ0v) is 10.2. The van der Waals surface area contributed by atoms with E-state index in [2.05, 4.69) is 6.07 Å². The van der Waals surface area contributed by atoms with Crippen LogP contribution in [0.2, 0.25) is 0 Å². The van der Waals surface area contributed by atoms with Crippen molar-refractivity contribution < 1.29 is 9.90 Å². The van der Waals surface area contributed by atoms with Crippen molar-refractivity contribution in [1.29, 1.82) is 5.26 Å². The minimum Gasteiger partial charge on any atom is -0.478 e. The Balaban J connectivity index is 2.27. The molecule has 4 nitrogen and oxygen atoms in total. The van der Waals surface area contributed by atoms with Gasteiger partial charge in [-0.25, -0.2) is 4.79 Å². The second kappa shape index (κ2) is 5.69. The SMILES string of the molecule is N#Cc1ccccc1Cn1cccc1/C=C/C(=O)O. The number of benzene rings is 1. The molecule has 0 spiro atoms. The summed E-state index contributed by atoms with van der Waals surface area (Å²) in [6.45, 7) is 0.538. The molecule has 0 radical (unpaired) electrons. The van der Waals surface area contributed by atoms with Gasteiger partial charge in [-0.05, 0) is 29.8 Å². The van der Waals surface area contributed by atoms with E-state index < -0.39 is 5.97 Å². The molecule has 2 aromatic rings. The maximum absolute atomic E-state index is 10.5. The molecular formula is C15H12N2O2. The van der Waals surface area contributed by atoms with Gasteiger partial charge in [0.2, 0.25) is 0 Å². The molecule has 0 bridgehead atoms. The maximum Gasteiger partial charge on any atom is 0.328 e. The molecule has 19 heavy (non-hydrogen) atoms. The van der Waals surface area contributed by atoms with Gasteiger partial charge in [-0.1, -0.05) is 18.2 Å². The Bertz CT molecular complexity index is 663. The smallest absolute Gasteiger partial charge is 0.328 e. The monoisotopic (exact) mass is 252 g/mol. The first-order valence-electron chi connectivity index (χ1n) is 5.75. The molecular weight excluding hydrogens is 240 g/mol. The highest BCUT2D eigenvalue weighted by Gasteiger charge is 2.04. The van der Waals surface area contributed by atoms with Crippen molar-refractivity contribution >= 4 is 12.0 Å². The van der Waals surface area contributed by atoms with Gasteiger partial charge in [-0.15, -0.1) is 0 Å². The van der Waals surface area contributed by atoms with Crippen LogP contribution in [-0.4, -0.2) is 15.6 Å².